The van der Waals surface area contributed by atoms with Crippen LogP contribution in [0, 0.1) is 0 Å². The van der Waals surface area contributed by atoms with E-state index in [9.17, 15) is 4.79 Å². The van der Waals surface area contributed by atoms with Crippen LogP contribution in [0.1, 0.15) is 50.9 Å². The number of rotatable bonds is 3. The van der Waals surface area contributed by atoms with Gasteiger partial charge in [0.15, 0.2) is 0 Å². The highest BCUT2D eigenvalue weighted by atomic mass is 16.6. The lowest BCUT2D eigenvalue weighted by Gasteiger charge is -2.28. The first-order chi connectivity index (χ1) is 17.3. The molecule has 0 bridgehead atoms. The number of nitrogens with one attached hydrogen (secondary N) is 1. The smallest absolute Gasteiger partial charge is 0.410 e. The van der Waals surface area contributed by atoms with Crippen LogP contribution in [0.3, 0.4) is 0 Å². The molecule has 0 spiro atoms. The maximum absolute atomic E-state index is 12.8. The van der Waals surface area contributed by atoms with Gasteiger partial charge in [0.1, 0.15) is 5.60 Å². The van der Waals surface area contributed by atoms with E-state index in [2.05, 4.69) is 76.7 Å². The average Bonchev–Trinajstić information content (AvgIpc) is 3.61. The monoisotopic (exact) mass is 477 g/mol. The molecule has 1 fully saturated rings. The molecule has 2 aliphatic rings. The first-order valence-electron chi connectivity index (χ1n) is 12.7. The lowest BCUT2D eigenvalue weighted by Crippen LogP contribution is -2.36. The Kier molecular flexibility index (Phi) is 5.44. The number of benzene rings is 3. The SMILES string of the molecule is CC(C)(C)OC(=O)N1CCCC1c1cc2cc(-c3ccc(-c4ccc5c(c4)N=CC5)cc3)ccc2[nH]1. The van der Waals surface area contributed by atoms with E-state index < -0.39 is 5.60 Å². The van der Waals surface area contributed by atoms with Crippen LogP contribution in [0.25, 0.3) is 33.2 Å². The molecular weight excluding hydrogens is 446 g/mol. The highest BCUT2D eigenvalue weighted by molar-refractivity contribution is 5.87. The Hall–Kier alpha value is -3.86. The van der Waals surface area contributed by atoms with Crippen molar-refractivity contribution >= 4 is 28.9 Å². The van der Waals surface area contributed by atoms with E-state index in [4.69, 9.17) is 4.74 Å². The molecule has 1 saturated heterocycles. The molecule has 1 atom stereocenters. The van der Waals surface area contributed by atoms with E-state index in [1.54, 1.807) is 0 Å². The minimum atomic E-state index is -0.496. The summed E-state index contributed by atoms with van der Waals surface area (Å²) in [4.78, 5) is 22.7. The number of fused-ring (bicyclic) bond motifs is 2. The van der Waals surface area contributed by atoms with Gasteiger partial charge in [-0.05, 0) is 85.7 Å². The number of carbonyl (C=O) groups is 1. The number of aromatic amines is 1. The molecule has 182 valence electrons. The summed E-state index contributed by atoms with van der Waals surface area (Å²) in [7, 11) is 0. The topological polar surface area (TPSA) is 57.7 Å². The third-order valence-corrected chi connectivity index (χ3v) is 7.06. The van der Waals surface area contributed by atoms with Gasteiger partial charge in [0.05, 0.1) is 11.7 Å². The van der Waals surface area contributed by atoms with E-state index >= 15 is 0 Å². The lowest BCUT2D eigenvalue weighted by molar-refractivity contribution is 0.0222. The quantitative estimate of drug-likeness (QED) is 0.327. The number of amides is 1. The highest BCUT2D eigenvalue weighted by Gasteiger charge is 2.34. The number of aromatic nitrogens is 1. The molecule has 0 saturated carbocycles. The molecule has 1 unspecified atom stereocenters. The summed E-state index contributed by atoms with van der Waals surface area (Å²) in [6.07, 6.45) is 4.58. The Morgan fingerprint density at radius 2 is 1.64 bits per heavy atom. The van der Waals surface area contributed by atoms with Gasteiger partial charge in [0, 0.05) is 35.8 Å². The number of hydrogen-bond donors (Lipinski definition) is 1. The van der Waals surface area contributed by atoms with Crippen LogP contribution in [0.15, 0.2) is 71.7 Å². The fraction of sp³-hybridized carbons (Fsp3) is 0.290. The summed E-state index contributed by atoms with van der Waals surface area (Å²) in [5.74, 6) is 0. The summed E-state index contributed by atoms with van der Waals surface area (Å²) < 4.78 is 5.65. The first kappa shape index (κ1) is 22.6. The fourth-order valence-corrected chi connectivity index (χ4v) is 5.28. The van der Waals surface area contributed by atoms with Crippen LogP contribution in [-0.2, 0) is 11.2 Å². The molecular formula is C31H31N3O2. The standard InChI is InChI=1S/C31H31N3O2/c1-31(2,3)36-30(35)34-16-4-5-29(34)28-19-25-17-23(12-13-26(25)33-28)20-6-8-21(9-7-20)24-11-10-22-14-15-32-27(22)18-24/h6-13,15,17-19,29,33H,4-5,14,16H2,1-3H3. The number of ether oxygens (including phenoxy) is 1. The predicted octanol–water partition coefficient (Wildman–Crippen LogP) is 7.83. The number of carbonyl (C=O) groups excluding carboxylic acids is 1. The maximum atomic E-state index is 12.8. The van der Waals surface area contributed by atoms with Gasteiger partial charge in [-0.15, -0.1) is 0 Å². The van der Waals surface area contributed by atoms with Crippen molar-refractivity contribution in [1.29, 1.82) is 0 Å². The van der Waals surface area contributed by atoms with E-state index in [1.165, 1.54) is 27.8 Å². The van der Waals surface area contributed by atoms with Gasteiger partial charge in [-0.1, -0.05) is 42.5 Å². The van der Waals surface area contributed by atoms with Gasteiger partial charge in [-0.2, -0.15) is 0 Å². The zero-order chi connectivity index (χ0) is 24.9. The number of nitrogens with zero attached hydrogens (tertiary/aromatic N) is 2. The Bertz CT molecular complexity index is 1470. The van der Waals surface area contributed by atoms with E-state index in [0.717, 1.165) is 48.1 Å². The molecule has 5 nitrogen and oxygen atoms in total. The van der Waals surface area contributed by atoms with Crippen molar-refractivity contribution in [2.75, 3.05) is 6.54 Å². The van der Waals surface area contributed by atoms with Crippen LogP contribution in [0.5, 0.6) is 0 Å². The molecule has 2 aliphatic heterocycles. The molecule has 6 rings (SSSR count). The van der Waals surface area contributed by atoms with Crippen LogP contribution in [-0.4, -0.2) is 34.3 Å². The zero-order valence-corrected chi connectivity index (χ0v) is 21.0. The van der Waals surface area contributed by atoms with Crippen molar-refractivity contribution in [2.24, 2.45) is 4.99 Å². The molecule has 3 aromatic carbocycles. The van der Waals surface area contributed by atoms with Gasteiger partial charge in [-0.25, -0.2) is 4.79 Å². The summed E-state index contributed by atoms with van der Waals surface area (Å²) in [6.45, 7) is 6.46. The maximum Gasteiger partial charge on any atom is 0.410 e. The number of hydrogen-bond acceptors (Lipinski definition) is 3. The van der Waals surface area contributed by atoms with Crippen molar-refractivity contribution in [2.45, 2.75) is 51.7 Å². The zero-order valence-electron chi connectivity index (χ0n) is 21.0. The molecule has 1 amide bonds. The molecule has 5 heteroatoms. The number of H-pyrrole nitrogens is 1. The normalized spacial score (nSPS) is 17.1. The second kappa shape index (κ2) is 8.66. The highest BCUT2D eigenvalue weighted by Crippen LogP contribution is 2.36. The second-order valence-corrected chi connectivity index (χ2v) is 10.8. The van der Waals surface area contributed by atoms with Crippen molar-refractivity contribution in [3.8, 4) is 22.3 Å². The molecule has 0 radical (unpaired) electrons. The van der Waals surface area contributed by atoms with E-state index in [1.807, 2.05) is 31.9 Å². The minimum absolute atomic E-state index is 0.0200. The van der Waals surface area contributed by atoms with E-state index in [-0.39, 0.29) is 12.1 Å². The largest absolute Gasteiger partial charge is 0.444 e. The molecule has 36 heavy (non-hydrogen) atoms. The Morgan fingerprint density at radius 3 is 2.39 bits per heavy atom. The summed E-state index contributed by atoms with van der Waals surface area (Å²) >= 11 is 0. The lowest BCUT2D eigenvalue weighted by atomic mass is 9.98. The van der Waals surface area contributed by atoms with Crippen molar-refractivity contribution in [1.82, 2.24) is 9.88 Å². The van der Waals surface area contributed by atoms with Crippen molar-refractivity contribution in [3.05, 3.63) is 78.0 Å². The minimum Gasteiger partial charge on any atom is -0.444 e. The second-order valence-electron chi connectivity index (χ2n) is 10.8. The molecule has 1 N–H and O–H groups in total. The van der Waals surface area contributed by atoms with Crippen LogP contribution < -0.4 is 0 Å². The molecule has 0 aliphatic carbocycles. The van der Waals surface area contributed by atoms with Crippen molar-refractivity contribution in [3.63, 3.8) is 0 Å². The van der Waals surface area contributed by atoms with Gasteiger partial charge >= 0.3 is 6.09 Å². The molecule has 1 aromatic heterocycles. The van der Waals surface area contributed by atoms with Crippen LogP contribution >= 0.6 is 0 Å². The third-order valence-electron chi connectivity index (χ3n) is 7.06. The van der Waals surface area contributed by atoms with Gasteiger partial charge in [-0.3, -0.25) is 9.89 Å². The summed E-state index contributed by atoms with van der Waals surface area (Å²) in [5.41, 5.74) is 8.77. The molecule has 3 heterocycles. The Balaban J connectivity index is 1.24. The number of aliphatic imine (C=N–C) groups is 1. The van der Waals surface area contributed by atoms with Gasteiger partial charge in [0.25, 0.3) is 0 Å². The summed E-state index contributed by atoms with van der Waals surface area (Å²) in [6, 6.07) is 24.0. The van der Waals surface area contributed by atoms with Gasteiger partial charge in [0.2, 0.25) is 0 Å². The van der Waals surface area contributed by atoms with Gasteiger partial charge < -0.3 is 9.72 Å². The number of likely N-dealkylation sites (tertiary alicyclic amines) is 1. The van der Waals surface area contributed by atoms with Crippen LogP contribution in [0.4, 0.5) is 10.5 Å². The Morgan fingerprint density at radius 1 is 0.944 bits per heavy atom. The van der Waals surface area contributed by atoms with Crippen LogP contribution in [0.2, 0.25) is 0 Å². The fourth-order valence-electron chi connectivity index (χ4n) is 5.28. The Labute approximate surface area is 211 Å². The predicted molar refractivity (Wildman–Crippen MR) is 146 cm³/mol. The average molecular weight is 478 g/mol. The molecule has 4 aromatic rings. The van der Waals surface area contributed by atoms with Crippen molar-refractivity contribution < 1.29 is 9.53 Å². The summed E-state index contributed by atoms with van der Waals surface area (Å²) in [5, 5.41) is 1.15. The third kappa shape index (κ3) is 4.30. The van der Waals surface area contributed by atoms with E-state index in [0.29, 0.717) is 0 Å². The first-order valence-corrected chi connectivity index (χ1v) is 12.7.